The summed E-state index contributed by atoms with van der Waals surface area (Å²) in [7, 11) is 0. The van der Waals surface area contributed by atoms with Crippen molar-refractivity contribution in [1.29, 1.82) is 0 Å². The zero-order valence-electron chi connectivity index (χ0n) is 1.88. The van der Waals surface area contributed by atoms with E-state index in [1.54, 1.807) is 0 Å². The Labute approximate surface area is 73.2 Å². The topological polar surface area (TPSA) is 28.5 Å². The molecule has 0 saturated carbocycles. The molecule has 0 rings (SSSR count). The van der Waals surface area contributed by atoms with Gasteiger partial charge in [-0.15, -0.1) is 0 Å². The first-order valence-corrected chi connectivity index (χ1v) is 0. The molecule has 0 aliphatic rings. The molecule has 0 spiro atoms. The average molecular weight is 238 g/mol. The smallest absolute Gasteiger partial charge is 2.00 e. The molecule has 3 radical (unpaired) electrons. The molecule has 0 aromatic rings. The minimum atomic E-state index is 0. The summed E-state index contributed by atoms with van der Waals surface area (Å²) < 4.78 is 0. The van der Waals surface area contributed by atoms with Gasteiger partial charge in [0.2, 0.25) is 0 Å². The summed E-state index contributed by atoms with van der Waals surface area (Å²) in [5.74, 6) is 0. The van der Waals surface area contributed by atoms with Gasteiger partial charge in [-0.1, -0.05) is 0 Å². The van der Waals surface area contributed by atoms with Crippen LogP contribution in [0.15, 0.2) is 0 Å². The predicted octanol–water partition coefficient (Wildman–Crippen LogP) is -0.129. The first kappa shape index (κ1) is 61.8. The normalized spacial score (nSPS) is 0. The number of hydrogen-bond acceptors (Lipinski definition) is 0. The van der Waals surface area contributed by atoms with Crippen molar-refractivity contribution < 1.29 is 73.8 Å². The van der Waals surface area contributed by atoms with Gasteiger partial charge in [0.15, 0.2) is 0 Å². The van der Waals surface area contributed by atoms with Gasteiger partial charge in [-0.3, -0.25) is 0 Å². The fraction of sp³-hybridized carbons (Fsp3) is 0. The van der Waals surface area contributed by atoms with Crippen LogP contribution in [0, 0.1) is 0 Å². The molecule has 0 saturated heterocycles. The Bertz CT molecular complexity index is 11.6. The Balaban J connectivity index is 0. The minimum absolute atomic E-state index is 0. The molecule has 0 unspecified atom stereocenters. The molecule has 0 atom stereocenters. The summed E-state index contributed by atoms with van der Waals surface area (Å²) in [6.07, 6.45) is 0. The van der Waals surface area contributed by atoms with Crippen molar-refractivity contribution in [3.63, 3.8) is 0 Å². The van der Waals surface area contributed by atoms with Crippen LogP contribution in [0.3, 0.4) is 0 Å². The Hall–Kier alpha value is 2.04. The summed E-state index contributed by atoms with van der Waals surface area (Å²) in [5.41, 5.74) is 0. The molecule has 0 aliphatic carbocycles. The first-order chi connectivity index (χ1) is 0. The van der Waals surface area contributed by atoms with Crippen molar-refractivity contribution in [2.24, 2.45) is 0 Å². The maximum Gasteiger partial charge on any atom is 3.00 e. The summed E-state index contributed by atoms with van der Waals surface area (Å²) in [4.78, 5) is 0. The molecule has 0 amide bonds. The first-order valence-electron chi connectivity index (χ1n) is 0. The second-order valence-electron chi connectivity index (χ2n) is 0. The van der Waals surface area contributed by atoms with Crippen molar-refractivity contribution in [3.8, 4) is 0 Å². The van der Waals surface area contributed by atoms with Crippen LogP contribution in [0.4, 0.5) is 0 Å². The van der Waals surface area contributed by atoms with Crippen molar-refractivity contribution in [3.05, 3.63) is 0 Å². The van der Waals surface area contributed by atoms with E-state index in [1.165, 1.54) is 0 Å². The predicted molar refractivity (Wildman–Crippen MR) is 0.686 cm³/mol. The summed E-state index contributed by atoms with van der Waals surface area (Å²) >= 11 is 0. The third kappa shape index (κ3) is 23.7. The van der Waals surface area contributed by atoms with Crippen molar-refractivity contribution in [1.82, 2.24) is 0 Å². The fourth-order valence-corrected chi connectivity index (χ4v) is 0. The SMILES string of the molecule is [Co+2].[Cr+3].[Fe+2].[Mn+2].[O-2]. The molecule has 0 aromatic heterocycles. The van der Waals surface area contributed by atoms with Crippen molar-refractivity contribution in [2.45, 2.75) is 0 Å². The zero-order chi connectivity index (χ0) is 0. The maximum atomic E-state index is 0. The molecule has 29 valence electrons. The second kappa shape index (κ2) is 36.9. The molecular weight excluding hydrogens is 238 g/mol. The number of rotatable bonds is 0. The van der Waals surface area contributed by atoms with Gasteiger partial charge in [0.05, 0.1) is 0 Å². The third-order valence-electron chi connectivity index (χ3n) is 0. The molecule has 5 heavy (non-hydrogen) atoms. The quantitative estimate of drug-likeness (QED) is 0.526. The van der Waals surface area contributed by atoms with Gasteiger partial charge in [0.25, 0.3) is 0 Å². The van der Waals surface area contributed by atoms with E-state index in [9.17, 15) is 0 Å². The van der Waals surface area contributed by atoms with Crippen LogP contribution < -0.4 is 0 Å². The van der Waals surface area contributed by atoms with E-state index in [2.05, 4.69) is 0 Å². The van der Waals surface area contributed by atoms with E-state index in [0.29, 0.717) is 0 Å². The average Bonchev–Trinajstić information content (AvgIpc) is 0. The van der Waals surface area contributed by atoms with Gasteiger partial charge in [0.1, 0.15) is 0 Å². The van der Waals surface area contributed by atoms with Gasteiger partial charge in [-0.2, -0.15) is 0 Å². The van der Waals surface area contributed by atoms with Crippen LogP contribution in [0.5, 0.6) is 0 Å². The zero-order valence-corrected chi connectivity index (χ0v) is 6.48. The Morgan fingerprint density at radius 2 is 1.00 bits per heavy atom. The van der Waals surface area contributed by atoms with E-state index < -0.39 is 0 Å². The van der Waals surface area contributed by atoms with Crippen LogP contribution in [-0.4, -0.2) is 0 Å². The van der Waals surface area contributed by atoms with E-state index >= 15 is 0 Å². The molecular formula is CoCrFeMnO+7. The van der Waals surface area contributed by atoms with E-state index in [4.69, 9.17) is 0 Å². The molecule has 0 N–H and O–H groups in total. The van der Waals surface area contributed by atoms with Crippen molar-refractivity contribution >= 4 is 0 Å². The van der Waals surface area contributed by atoms with Crippen LogP contribution in [0.2, 0.25) is 0 Å². The minimum Gasteiger partial charge on any atom is -2.00 e. The molecule has 0 heterocycles. The van der Waals surface area contributed by atoms with Crippen LogP contribution in [0.25, 0.3) is 0 Å². The standard InChI is InChI=1S/Co.Cr.Fe.Mn.O/q+2;+3;2*+2;-2. The molecule has 0 fully saturated rings. The van der Waals surface area contributed by atoms with Gasteiger partial charge < -0.3 is 5.48 Å². The number of hydrogen-bond donors (Lipinski definition) is 0. The molecule has 1 nitrogen and oxygen atoms in total. The van der Waals surface area contributed by atoms with E-state index in [0.717, 1.165) is 0 Å². The van der Waals surface area contributed by atoms with Crippen LogP contribution in [-0.2, 0) is 73.8 Å². The van der Waals surface area contributed by atoms with Crippen LogP contribution in [0.1, 0.15) is 0 Å². The summed E-state index contributed by atoms with van der Waals surface area (Å²) in [6, 6.07) is 0. The fourth-order valence-electron chi connectivity index (χ4n) is 0. The molecule has 0 aliphatic heterocycles. The Morgan fingerprint density at radius 1 is 1.00 bits per heavy atom. The molecule has 0 bridgehead atoms. The molecule has 5 heteroatoms. The second-order valence-corrected chi connectivity index (χ2v) is 0. The third-order valence-corrected chi connectivity index (χ3v) is 0. The van der Waals surface area contributed by atoms with Crippen molar-refractivity contribution in [2.75, 3.05) is 0 Å². The largest absolute Gasteiger partial charge is 3.00 e. The van der Waals surface area contributed by atoms with Crippen LogP contribution >= 0.6 is 0 Å². The van der Waals surface area contributed by atoms with E-state index in [1.807, 2.05) is 0 Å². The van der Waals surface area contributed by atoms with Gasteiger partial charge in [-0.05, 0) is 0 Å². The Kier molecular flexibility index (Phi) is 456. The monoisotopic (exact) mass is 238 g/mol. The Morgan fingerprint density at radius 3 is 1.00 bits per heavy atom. The summed E-state index contributed by atoms with van der Waals surface area (Å²) in [5, 5.41) is 0. The van der Waals surface area contributed by atoms with E-state index in [-0.39, 0.29) is 73.8 Å². The van der Waals surface area contributed by atoms with Gasteiger partial charge in [-0.25, -0.2) is 0 Å². The maximum absolute atomic E-state index is 0. The van der Waals surface area contributed by atoms with Gasteiger partial charge in [0, 0.05) is 0 Å². The van der Waals surface area contributed by atoms with Gasteiger partial charge >= 0.3 is 68.3 Å². The molecule has 0 aromatic carbocycles. The summed E-state index contributed by atoms with van der Waals surface area (Å²) in [6.45, 7) is 0.